The Balaban J connectivity index is 0.00000220. The first-order valence-corrected chi connectivity index (χ1v) is 8.08. The van der Waals surface area contributed by atoms with Crippen molar-refractivity contribution in [3.8, 4) is 0 Å². The average Bonchev–Trinajstić information content (AvgIpc) is 2.46. The summed E-state index contributed by atoms with van der Waals surface area (Å²) < 4.78 is 5.49. The van der Waals surface area contributed by atoms with Crippen LogP contribution < -0.4 is 10.6 Å². The van der Waals surface area contributed by atoms with E-state index >= 15 is 0 Å². The Morgan fingerprint density at radius 2 is 2.19 bits per heavy atom. The highest BCUT2D eigenvalue weighted by Crippen LogP contribution is 2.19. The molecule has 0 bridgehead atoms. The van der Waals surface area contributed by atoms with E-state index in [1.807, 2.05) is 24.3 Å². The number of rotatable bonds is 6. The van der Waals surface area contributed by atoms with E-state index in [0.717, 1.165) is 28.8 Å². The minimum atomic E-state index is 0. The van der Waals surface area contributed by atoms with E-state index in [1.165, 1.54) is 0 Å². The van der Waals surface area contributed by atoms with Crippen LogP contribution in [0.1, 0.15) is 6.42 Å². The number of nitrogens with one attached hydrogen (secondary N) is 2. The maximum atomic E-state index is 11.7. The molecule has 0 spiro atoms. The number of hydrogen-bond acceptors (Lipinski definition) is 4. The summed E-state index contributed by atoms with van der Waals surface area (Å²) in [6.07, 6.45) is 0.436. The smallest absolute Gasteiger partial charge is 0.222 e. The Hall–Kier alpha value is -0.460. The van der Waals surface area contributed by atoms with E-state index in [0.29, 0.717) is 19.6 Å². The fourth-order valence-electron chi connectivity index (χ4n) is 1.92. The van der Waals surface area contributed by atoms with Gasteiger partial charge < -0.3 is 15.4 Å². The van der Waals surface area contributed by atoms with Crippen molar-refractivity contribution in [1.82, 2.24) is 10.6 Å². The Morgan fingerprint density at radius 3 is 2.86 bits per heavy atom. The van der Waals surface area contributed by atoms with Crippen molar-refractivity contribution in [1.29, 1.82) is 0 Å². The van der Waals surface area contributed by atoms with Crippen molar-refractivity contribution >= 4 is 41.7 Å². The lowest BCUT2D eigenvalue weighted by Crippen LogP contribution is -2.41. The minimum Gasteiger partial charge on any atom is -0.375 e. The van der Waals surface area contributed by atoms with Crippen LogP contribution in [0.15, 0.2) is 29.2 Å². The molecule has 0 radical (unpaired) electrons. The highest BCUT2D eigenvalue weighted by Gasteiger charge is 2.16. The number of carbonyl (C=O) groups excluding carboxylic acids is 1. The predicted molar refractivity (Wildman–Crippen MR) is 89.7 cm³/mol. The zero-order chi connectivity index (χ0) is 14.2. The summed E-state index contributed by atoms with van der Waals surface area (Å²) in [5, 5.41) is 6.87. The molecule has 1 fully saturated rings. The number of benzene rings is 1. The van der Waals surface area contributed by atoms with Gasteiger partial charge in [-0.05, 0) is 24.3 Å². The highest BCUT2D eigenvalue weighted by molar-refractivity contribution is 7.99. The maximum Gasteiger partial charge on any atom is 0.222 e. The molecule has 1 aromatic rings. The van der Waals surface area contributed by atoms with Gasteiger partial charge in [-0.2, -0.15) is 0 Å². The summed E-state index contributed by atoms with van der Waals surface area (Å²) in [6.45, 7) is 2.97. The molecule has 1 atom stereocenters. The van der Waals surface area contributed by atoms with E-state index in [9.17, 15) is 4.79 Å². The number of halogens is 2. The van der Waals surface area contributed by atoms with Gasteiger partial charge in [-0.1, -0.05) is 11.6 Å². The van der Waals surface area contributed by atoms with E-state index in [2.05, 4.69) is 10.6 Å². The van der Waals surface area contributed by atoms with Gasteiger partial charge in [-0.15, -0.1) is 24.2 Å². The average molecular weight is 351 g/mol. The van der Waals surface area contributed by atoms with Gasteiger partial charge in [0.25, 0.3) is 0 Å². The molecular formula is C14H20Cl2N2O2S. The van der Waals surface area contributed by atoms with Gasteiger partial charge in [0.1, 0.15) is 0 Å². The third-order valence-electron chi connectivity index (χ3n) is 2.92. The van der Waals surface area contributed by atoms with Crippen LogP contribution in [0.3, 0.4) is 0 Å². The molecule has 1 unspecified atom stereocenters. The molecule has 1 aromatic carbocycles. The van der Waals surface area contributed by atoms with Crippen LogP contribution in [-0.4, -0.2) is 44.0 Å². The SMILES string of the molecule is Cl.O=C(CC1CNCCO1)NCCSc1ccc(Cl)cc1. The van der Waals surface area contributed by atoms with Crippen molar-refractivity contribution in [2.24, 2.45) is 0 Å². The normalized spacial score (nSPS) is 17.9. The molecule has 0 aliphatic carbocycles. The third kappa shape index (κ3) is 7.38. The molecule has 0 saturated carbocycles. The molecule has 0 aromatic heterocycles. The van der Waals surface area contributed by atoms with Gasteiger partial charge in [0.2, 0.25) is 5.91 Å². The van der Waals surface area contributed by atoms with Crippen molar-refractivity contribution in [2.75, 3.05) is 32.0 Å². The minimum absolute atomic E-state index is 0. The molecule has 1 saturated heterocycles. The molecule has 2 rings (SSSR count). The first-order chi connectivity index (χ1) is 9.74. The molecule has 7 heteroatoms. The standard InChI is InChI=1S/C14H19ClN2O2S.ClH/c15-11-1-3-13(4-2-11)20-8-6-17-14(18)9-12-10-16-5-7-19-12;/h1-4,12,16H,5-10H2,(H,17,18);1H. The van der Waals surface area contributed by atoms with Gasteiger partial charge in [0.05, 0.1) is 19.1 Å². The molecule has 1 amide bonds. The van der Waals surface area contributed by atoms with Gasteiger partial charge in [0, 0.05) is 35.3 Å². The topological polar surface area (TPSA) is 50.4 Å². The van der Waals surface area contributed by atoms with E-state index in [-0.39, 0.29) is 24.4 Å². The van der Waals surface area contributed by atoms with Crippen LogP contribution in [-0.2, 0) is 9.53 Å². The van der Waals surface area contributed by atoms with Crippen molar-refractivity contribution in [2.45, 2.75) is 17.4 Å². The summed E-state index contributed by atoms with van der Waals surface area (Å²) in [5.74, 6) is 0.896. The Morgan fingerprint density at radius 1 is 1.43 bits per heavy atom. The van der Waals surface area contributed by atoms with Gasteiger partial charge >= 0.3 is 0 Å². The highest BCUT2D eigenvalue weighted by atomic mass is 35.5. The summed E-state index contributed by atoms with van der Waals surface area (Å²) in [6, 6.07) is 7.71. The van der Waals surface area contributed by atoms with E-state index in [1.54, 1.807) is 11.8 Å². The van der Waals surface area contributed by atoms with Crippen LogP contribution in [0.25, 0.3) is 0 Å². The van der Waals surface area contributed by atoms with Crippen LogP contribution in [0.5, 0.6) is 0 Å². The second kappa shape index (κ2) is 10.3. The number of hydrogen-bond donors (Lipinski definition) is 2. The molecular weight excluding hydrogens is 331 g/mol. The number of ether oxygens (including phenoxy) is 1. The Bertz CT molecular complexity index is 425. The zero-order valence-electron chi connectivity index (χ0n) is 11.6. The van der Waals surface area contributed by atoms with Crippen LogP contribution in [0, 0.1) is 0 Å². The van der Waals surface area contributed by atoms with Crippen LogP contribution in [0.4, 0.5) is 0 Å². The van der Waals surface area contributed by atoms with Gasteiger partial charge in [-0.25, -0.2) is 0 Å². The molecule has 1 aliphatic heterocycles. The summed E-state index contributed by atoms with van der Waals surface area (Å²) >= 11 is 7.52. The lowest BCUT2D eigenvalue weighted by molar-refractivity contribution is -0.124. The van der Waals surface area contributed by atoms with Crippen molar-refractivity contribution in [3.63, 3.8) is 0 Å². The molecule has 118 valence electrons. The Labute approximate surface area is 140 Å². The fraction of sp³-hybridized carbons (Fsp3) is 0.500. The zero-order valence-corrected chi connectivity index (χ0v) is 14.0. The number of carbonyl (C=O) groups is 1. The molecule has 1 heterocycles. The first kappa shape index (κ1) is 18.6. The van der Waals surface area contributed by atoms with E-state index < -0.39 is 0 Å². The summed E-state index contributed by atoms with van der Waals surface area (Å²) in [4.78, 5) is 12.9. The molecule has 21 heavy (non-hydrogen) atoms. The second-order valence-electron chi connectivity index (χ2n) is 4.55. The predicted octanol–water partition coefficient (Wildman–Crippen LogP) is 2.35. The molecule has 4 nitrogen and oxygen atoms in total. The molecule has 2 N–H and O–H groups in total. The quantitative estimate of drug-likeness (QED) is 0.610. The summed E-state index contributed by atoms with van der Waals surface area (Å²) in [5.41, 5.74) is 0. The number of amides is 1. The second-order valence-corrected chi connectivity index (χ2v) is 6.16. The van der Waals surface area contributed by atoms with Crippen molar-refractivity contribution < 1.29 is 9.53 Å². The maximum absolute atomic E-state index is 11.7. The van der Waals surface area contributed by atoms with Crippen molar-refractivity contribution in [3.05, 3.63) is 29.3 Å². The summed E-state index contributed by atoms with van der Waals surface area (Å²) in [7, 11) is 0. The lowest BCUT2D eigenvalue weighted by Gasteiger charge is -2.23. The van der Waals surface area contributed by atoms with Gasteiger partial charge in [-0.3, -0.25) is 4.79 Å². The van der Waals surface area contributed by atoms with Gasteiger partial charge in [0.15, 0.2) is 0 Å². The number of morpholine rings is 1. The van der Waals surface area contributed by atoms with Crippen LogP contribution in [0.2, 0.25) is 5.02 Å². The van der Waals surface area contributed by atoms with Crippen LogP contribution >= 0.6 is 35.8 Å². The number of thioether (sulfide) groups is 1. The lowest BCUT2D eigenvalue weighted by atomic mass is 10.2. The monoisotopic (exact) mass is 350 g/mol. The van der Waals surface area contributed by atoms with E-state index in [4.69, 9.17) is 16.3 Å². The fourth-order valence-corrected chi connectivity index (χ4v) is 2.81. The third-order valence-corrected chi connectivity index (χ3v) is 4.19. The Kier molecular flexibility index (Phi) is 9.11. The molecule has 1 aliphatic rings. The largest absolute Gasteiger partial charge is 0.375 e. The first-order valence-electron chi connectivity index (χ1n) is 6.71.